The first-order chi connectivity index (χ1) is 19.1. The van der Waals surface area contributed by atoms with Gasteiger partial charge in [-0.25, -0.2) is 9.59 Å². The molecule has 0 aromatic carbocycles. The van der Waals surface area contributed by atoms with E-state index in [1.165, 1.54) is 97.0 Å². The first kappa shape index (κ1) is 32.9. The number of pyridine rings is 1. The third-order valence-electron chi connectivity index (χ3n) is 7.59. The number of alkyl carbamates (subject to hydrolysis) is 2. The number of unbranched alkanes of at least 4 members (excludes halogenated alkanes) is 15. The average Bonchev–Trinajstić information content (AvgIpc) is 2.93. The second kappa shape index (κ2) is 20.5. The topological polar surface area (TPSA) is 98.8 Å². The van der Waals surface area contributed by atoms with E-state index in [4.69, 9.17) is 9.47 Å². The molecular weight excluding hydrogens is 494 g/mol. The molecule has 1 aliphatic heterocycles. The first-order valence-electron chi connectivity index (χ1n) is 15.4. The Hall–Kier alpha value is -2.35. The molecule has 39 heavy (non-hydrogen) atoms. The van der Waals surface area contributed by atoms with E-state index in [-0.39, 0.29) is 13.2 Å². The Morgan fingerprint density at radius 2 is 1.44 bits per heavy atom. The van der Waals surface area contributed by atoms with Crippen LogP contribution in [0.4, 0.5) is 9.59 Å². The summed E-state index contributed by atoms with van der Waals surface area (Å²) >= 11 is 0. The number of carbonyl (C=O) groups is 2. The third-order valence-corrected chi connectivity index (χ3v) is 7.59. The molecule has 1 fully saturated rings. The summed E-state index contributed by atoms with van der Waals surface area (Å²) < 4.78 is 16.0. The third kappa shape index (κ3) is 13.5. The van der Waals surface area contributed by atoms with Crippen molar-refractivity contribution in [2.75, 3.05) is 26.9 Å². The van der Waals surface area contributed by atoms with E-state index >= 15 is 0 Å². The van der Waals surface area contributed by atoms with Gasteiger partial charge in [-0.3, -0.25) is 4.98 Å². The summed E-state index contributed by atoms with van der Waals surface area (Å²) in [4.78, 5) is 28.1. The Labute approximate surface area is 236 Å². The van der Waals surface area contributed by atoms with E-state index in [9.17, 15) is 9.59 Å². The summed E-state index contributed by atoms with van der Waals surface area (Å²) in [6.07, 6.45) is 22.7. The van der Waals surface area contributed by atoms with Crippen LogP contribution in [0.15, 0.2) is 18.3 Å². The lowest BCUT2D eigenvalue weighted by molar-refractivity contribution is -0.178. The Balaban J connectivity index is 1.48. The molecule has 0 bridgehead atoms. The van der Waals surface area contributed by atoms with Gasteiger partial charge in [0.15, 0.2) is 0 Å². The number of ether oxygens (including phenoxy) is 3. The number of hydrogen-bond donors (Lipinski definition) is 2. The van der Waals surface area contributed by atoms with Crippen molar-refractivity contribution in [1.82, 2.24) is 15.6 Å². The number of amides is 2. The van der Waals surface area contributed by atoms with Gasteiger partial charge in [0.25, 0.3) is 0 Å². The summed E-state index contributed by atoms with van der Waals surface area (Å²) in [5.41, 5.74) is 0.755. The second-order valence-electron chi connectivity index (χ2n) is 10.7. The summed E-state index contributed by atoms with van der Waals surface area (Å²) in [6, 6.07) is 3.72. The van der Waals surface area contributed by atoms with Crippen LogP contribution in [0.3, 0.4) is 0 Å². The van der Waals surface area contributed by atoms with E-state index < -0.39 is 17.8 Å². The van der Waals surface area contributed by atoms with Crippen molar-refractivity contribution in [3.05, 3.63) is 29.6 Å². The Bertz CT molecular complexity index is 800. The minimum Gasteiger partial charge on any atom is -0.453 e. The highest BCUT2D eigenvalue weighted by atomic mass is 16.6. The van der Waals surface area contributed by atoms with E-state index in [0.29, 0.717) is 18.8 Å². The summed E-state index contributed by atoms with van der Waals surface area (Å²) in [6.45, 7) is 3.79. The number of carbonyl (C=O) groups excluding carboxylic acids is 2. The van der Waals surface area contributed by atoms with E-state index in [1.807, 2.05) is 12.1 Å². The maximum Gasteiger partial charge on any atom is 0.407 e. The Morgan fingerprint density at radius 3 is 1.95 bits per heavy atom. The van der Waals surface area contributed by atoms with Gasteiger partial charge in [0.05, 0.1) is 26.0 Å². The van der Waals surface area contributed by atoms with Gasteiger partial charge in [-0.2, -0.15) is 0 Å². The Kier molecular flexibility index (Phi) is 17.3. The number of aromatic nitrogens is 1. The van der Waals surface area contributed by atoms with Crippen LogP contribution >= 0.6 is 0 Å². The predicted octanol–water partition coefficient (Wildman–Crippen LogP) is 7.54. The molecule has 1 unspecified atom stereocenters. The zero-order chi connectivity index (χ0) is 28.0. The molecule has 1 saturated heterocycles. The maximum atomic E-state index is 12.3. The van der Waals surface area contributed by atoms with E-state index in [2.05, 4.69) is 27.3 Å². The van der Waals surface area contributed by atoms with Crippen molar-refractivity contribution in [1.29, 1.82) is 0 Å². The normalized spacial score (nSPS) is 16.4. The van der Waals surface area contributed by atoms with Crippen LogP contribution in [0.2, 0.25) is 0 Å². The lowest BCUT2D eigenvalue weighted by Crippen LogP contribution is -2.47. The number of hydrogen-bond acceptors (Lipinski definition) is 6. The number of rotatable bonds is 22. The van der Waals surface area contributed by atoms with Crippen LogP contribution in [-0.2, 0) is 26.4 Å². The number of methoxy groups -OCH3 is 1. The van der Waals surface area contributed by atoms with Crippen LogP contribution in [0.1, 0.15) is 127 Å². The van der Waals surface area contributed by atoms with Crippen molar-refractivity contribution in [2.24, 2.45) is 0 Å². The highest BCUT2D eigenvalue weighted by Gasteiger charge is 2.43. The van der Waals surface area contributed by atoms with Crippen LogP contribution < -0.4 is 10.6 Å². The molecule has 0 spiro atoms. The molecule has 222 valence electrons. The van der Waals surface area contributed by atoms with Crippen molar-refractivity contribution in [3.8, 4) is 0 Å². The minimum atomic E-state index is -0.729. The van der Waals surface area contributed by atoms with Gasteiger partial charge in [0.1, 0.15) is 12.2 Å². The molecule has 2 N–H and O–H groups in total. The van der Waals surface area contributed by atoms with Gasteiger partial charge >= 0.3 is 12.2 Å². The summed E-state index contributed by atoms with van der Waals surface area (Å²) in [5, 5.41) is 5.51. The van der Waals surface area contributed by atoms with Gasteiger partial charge < -0.3 is 24.8 Å². The summed E-state index contributed by atoms with van der Waals surface area (Å²) in [5.74, 6) is 0. The monoisotopic (exact) mass is 547 g/mol. The van der Waals surface area contributed by atoms with Gasteiger partial charge in [-0.05, 0) is 12.5 Å². The summed E-state index contributed by atoms with van der Waals surface area (Å²) in [7, 11) is 1.32. The largest absolute Gasteiger partial charge is 0.453 e. The fraction of sp³-hybridized carbons (Fsp3) is 0.774. The minimum absolute atomic E-state index is 0.106. The lowest BCUT2D eigenvalue weighted by atomic mass is 9.86. The molecule has 2 rings (SSSR count). The predicted molar refractivity (Wildman–Crippen MR) is 155 cm³/mol. The molecule has 1 aromatic rings. The van der Waals surface area contributed by atoms with Gasteiger partial charge in [-0.1, -0.05) is 109 Å². The highest BCUT2D eigenvalue weighted by Crippen LogP contribution is 2.39. The fourth-order valence-electron chi connectivity index (χ4n) is 5.07. The van der Waals surface area contributed by atoms with Crippen LogP contribution in [-0.4, -0.2) is 44.0 Å². The van der Waals surface area contributed by atoms with Crippen LogP contribution in [0.5, 0.6) is 0 Å². The van der Waals surface area contributed by atoms with E-state index in [0.717, 1.165) is 24.8 Å². The van der Waals surface area contributed by atoms with Gasteiger partial charge in [0, 0.05) is 24.7 Å². The molecule has 0 aliphatic carbocycles. The molecule has 8 nitrogen and oxygen atoms in total. The lowest BCUT2D eigenvalue weighted by Gasteiger charge is -2.42. The van der Waals surface area contributed by atoms with Crippen molar-refractivity contribution >= 4 is 12.2 Å². The first-order valence-corrected chi connectivity index (χ1v) is 15.4. The molecule has 1 atom stereocenters. The van der Waals surface area contributed by atoms with Gasteiger partial charge in [-0.15, -0.1) is 0 Å². The van der Waals surface area contributed by atoms with Crippen molar-refractivity contribution in [3.63, 3.8) is 0 Å². The second-order valence-corrected chi connectivity index (χ2v) is 10.7. The average molecular weight is 548 g/mol. The van der Waals surface area contributed by atoms with Crippen molar-refractivity contribution in [2.45, 2.75) is 128 Å². The van der Waals surface area contributed by atoms with E-state index in [1.54, 1.807) is 6.20 Å². The number of nitrogens with one attached hydrogen (secondary N) is 2. The smallest absolute Gasteiger partial charge is 0.407 e. The molecule has 1 aromatic heterocycles. The molecule has 0 saturated carbocycles. The Morgan fingerprint density at radius 1 is 0.872 bits per heavy atom. The maximum absolute atomic E-state index is 12.3. The fourth-order valence-corrected chi connectivity index (χ4v) is 5.07. The molecule has 2 amide bonds. The molecule has 2 heterocycles. The van der Waals surface area contributed by atoms with Crippen LogP contribution in [0.25, 0.3) is 0 Å². The molecule has 1 aliphatic rings. The quantitative estimate of drug-likeness (QED) is 0.146. The standard InChI is InChI=1S/C31H53N3O5/c1-3-4-5-6-7-8-9-10-11-12-13-14-15-16-17-18-22-33-30(36)38-26-31(21-24-39-31)27-20-19-23-32-28(27)25-34-29(35)37-2/h19-20,23H,3-18,21-22,24-26H2,1-2H3,(H,33,36)(H,34,35). The highest BCUT2D eigenvalue weighted by molar-refractivity contribution is 5.67. The molecule has 8 heteroatoms. The van der Waals surface area contributed by atoms with Crippen molar-refractivity contribution < 1.29 is 23.8 Å². The SMILES string of the molecule is CCCCCCCCCCCCCCCCCCNC(=O)OCC1(c2cccnc2CNC(=O)OC)CCO1. The number of nitrogens with zero attached hydrogens (tertiary/aromatic N) is 1. The zero-order valence-electron chi connectivity index (χ0n) is 24.6. The van der Waals surface area contributed by atoms with Crippen LogP contribution in [0, 0.1) is 0 Å². The molecular formula is C31H53N3O5. The van der Waals surface area contributed by atoms with Gasteiger partial charge in [0.2, 0.25) is 0 Å². The zero-order valence-corrected chi connectivity index (χ0v) is 24.6. The molecule has 0 radical (unpaired) electrons.